The molecule has 4 nitrogen and oxygen atoms in total. The zero-order valence-corrected chi connectivity index (χ0v) is 12.9. The number of hydrogen-bond acceptors (Lipinski definition) is 3. The molecular weight excluding hydrogens is 295 g/mol. The topological polar surface area (TPSA) is 36.3 Å². The van der Waals surface area contributed by atoms with Crippen LogP contribution in [0.15, 0.2) is 12.1 Å². The van der Waals surface area contributed by atoms with Crippen molar-refractivity contribution in [3.8, 4) is 5.75 Å². The summed E-state index contributed by atoms with van der Waals surface area (Å²) in [4.78, 5) is 4.47. The highest BCUT2D eigenvalue weighted by Gasteiger charge is 2.33. The number of halogens is 2. The second kappa shape index (κ2) is 5.46. The van der Waals surface area contributed by atoms with E-state index in [1.807, 2.05) is 0 Å². The Hall–Kier alpha value is -1.33. The maximum atomic E-state index is 13.9. The van der Waals surface area contributed by atoms with Crippen LogP contribution >= 0.6 is 11.6 Å². The molecule has 1 aliphatic heterocycles. The van der Waals surface area contributed by atoms with E-state index in [2.05, 4.69) is 16.5 Å². The van der Waals surface area contributed by atoms with Crippen LogP contribution in [0.1, 0.15) is 25.6 Å². The van der Waals surface area contributed by atoms with Crippen molar-refractivity contribution in [2.45, 2.75) is 31.2 Å². The number of benzene rings is 1. The lowest BCUT2D eigenvalue weighted by Crippen LogP contribution is -2.39. The van der Waals surface area contributed by atoms with Crippen molar-refractivity contribution in [1.29, 1.82) is 0 Å². The lowest BCUT2D eigenvalue weighted by molar-refractivity contribution is 0.0104. The van der Waals surface area contributed by atoms with Crippen molar-refractivity contribution < 1.29 is 13.9 Å². The van der Waals surface area contributed by atoms with Crippen LogP contribution in [-0.2, 0) is 16.2 Å². The van der Waals surface area contributed by atoms with Gasteiger partial charge in [0.15, 0.2) is 11.6 Å². The molecule has 2 heterocycles. The first kappa shape index (κ1) is 14.6. The van der Waals surface area contributed by atoms with E-state index in [0.717, 1.165) is 30.8 Å². The SMILES string of the molecule is COc1cc2c(cc1F)nc(CCl)n2C1(C)CCCOC1. The number of ether oxygens (including phenoxy) is 2. The molecule has 1 unspecified atom stereocenters. The Bertz CT molecular complexity index is 665. The van der Waals surface area contributed by atoms with Gasteiger partial charge in [-0.05, 0) is 19.8 Å². The predicted molar refractivity (Wildman–Crippen MR) is 79.5 cm³/mol. The molecule has 6 heteroatoms. The molecule has 0 saturated carbocycles. The molecule has 3 rings (SSSR count). The van der Waals surface area contributed by atoms with Gasteiger partial charge in [0.1, 0.15) is 5.82 Å². The molecule has 1 fully saturated rings. The van der Waals surface area contributed by atoms with Crippen LogP contribution in [0.4, 0.5) is 4.39 Å². The van der Waals surface area contributed by atoms with Crippen LogP contribution in [0, 0.1) is 5.82 Å². The minimum Gasteiger partial charge on any atom is -0.494 e. The summed E-state index contributed by atoms with van der Waals surface area (Å²) in [6.07, 6.45) is 1.96. The lowest BCUT2D eigenvalue weighted by Gasteiger charge is -2.36. The number of fused-ring (bicyclic) bond motifs is 1. The van der Waals surface area contributed by atoms with Crippen molar-refractivity contribution in [2.75, 3.05) is 20.3 Å². The average Bonchev–Trinajstić information content (AvgIpc) is 2.85. The zero-order valence-electron chi connectivity index (χ0n) is 12.2. The molecule has 114 valence electrons. The van der Waals surface area contributed by atoms with Crippen LogP contribution in [0.25, 0.3) is 11.0 Å². The molecule has 1 saturated heterocycles. The largest absolute Gasteiger partial charge is 0.494 e. The number of alkyl halides is 1. The molecule has 0 amide bonds. The Morgan fingerprint density at radius 1 is 1.52 bits per heavy atom. The van der Waals surface area contributed by atoms with Gasteiger partial charge >= 0.3 is 0 Å². The fraction of sp³-hybridized carbons (Fsp3) is 0.533. The average molecular weight is 313 g/mol. The third-order valence-corrected chi connectivity index (χ3v) is 4.31. The lowest BCUT2D eigenvalue weighted by atomic mass is 9.94. The summed E-state index contributed by atoms with van der Waals surface area (Å²) < 4.78 is 26.7. The van der Waals surface area contributed by atoms with Gasteiger partial charge in [-0.2, -0.15) is 0 Å². The van der Waals surface area contributed by atoms with Gasteiger partial charge in [0.25, 0.3) is 0 Å². The molecule has 0 radical (unpaired) electrons. The second-order valence-electron chi connectivity index (χ2n) is 5.63. The van der Waals surface area contributed by atoms with Crippen LogP contribution in [0.5, 0.6) is 5.75 Å². The number of methoxy groups -OCH3 is 1. The third kappa shape index (κ3) is 2.38. The first-order chi connectivity index (χ1) is 10.1. The maximum Gasteiger partial charge on any atom is 0.167 e. The van der Waals surface area contributed by atoms with E-state index in [9.17, 15) is 4.39 Å². The highest BCUT2D eigenvalue weighted by atomic mass is 35.5. The predicted octanol–water partition coefficient (Wildman–Crippen LogP) is 3.45. The molecule has 21 heavy (non-hydrogen) atoms. The molecule has 1 aromatic heterocycles. The number of imidazole rings is 1. The highest BCUT2D eigenvalue weighted by molar-refractivity contribution is 6.16. The van der Waals surface area contributed by atoms with E-state index < -0.39 is 5.82 Å². The van der Waals surface area contributed by atoms with E-state index in [1.54, 1.807) is 6.07 Å². The number of aromatic nitrogens is 2. The Morgan fingerprint density at radius 2 is 2.33 bits per heavy atom. The molecule has 0 bridgehead atoms. The molecule has 0 spiro atoms. The highest BCUT2D eigenvalue weighted by Crippen LogP contribution is 2.35. The molecule has 1 atom stereocenters. The minimum atomic E-state index is -0.416. The standard InChI is InChI=1S/C15H18ClFN2O2/c1-15(4-3-5-21-9-15)19-12-7-13(20-2)10(17)6-11(12)18-14(19)8-16/h6-7H,3-5,8-9H2,1-2H3. The summed E-state index contributed by atoms with van der Waals surface area (Å²) in [5.74, 6) is 0.798. The molecule has 2 aromatic rings. The number of hydrogen-bond donors (Lipinski definition) is 0. The molecule has 1 aliphatic rings. The van der Waals surface area contributed by atoms with E-state index in [-0.39, 0.29) is 17.2 Å². The summed E-state index contributed by atoms with van der Waals surface area (Å²) >= 11 is 6.05. The summed E-state index contributed by atoms with van der Waals surface area (Å²) in [6.45, 7) is 3.50. The van der Waals surface area contributed by atoms with Crippen molar-refractivity contribution >= 4 is 22.6 Å². The van der Waals surface area contributed by atoms with Gasteiger partial charge in [-0.3, -0.25) is 0 Å². The van der Waals surface area contributed by atoms with E-state index in [4.69, 9.17) is 21.1 Å². The molecule has 1 aromatic carbocycles. The second-order valence-corrected chi connectivity index (χ2v) is 5.89. The Kier molecular flexibility index (Phi) is 3.80. The summed E-state index contributed by atoms with van der Waals surface area (Å²) in [5.41, 5.74) is 1.20. The van der Waals surface area contributed by atoms with Crippen molar-refractivity contribution in [3.05, 3.63) is 23.8 Å². The fourth-order valence-electron chi connectivity index (χ4n) is 3.07. The molecule has 0 N–H and O–H groups in total. The summed E-state index contributed by atoms with van der Waals surface area (Å²) in [5, 5.41) is 0. The van der Waals surface area contributed by atoms with Crippen molar-refractivity contribution in [2.24, 2.45) is 0 Å². The number of nitrogens with zero attached hydrogens (tertiary/aromatic N) is 2. The van der Waals surface area contributed by atoms with Crippen LogP contribution in [0.2, 0.25) is 0 Å². The smallest absolute Gasteiger partial charge is 0.167 e. The van der Waals surface area contributed by atoms with Gasteiger partial charge in [-0.25, -0.2) is 9.37 Å². The number of rotatable bonds is 3. The molecular formula is C15H18ClFN2O2. The van der Waals surface area contributed by atoms with Crippen molar-refractivity contribution in [1.82, 2.24) is 9.55 Å². The van der Waals surface area contributed by atoms with Gasteiger partial charge in [-0.1, -0.05) is 0 Å². The first-order valence-corrected chi connectivity index (χ1v) is 7.51. The Balaban J connectivity index is 2.23. The third-order valence-electron chi connectivity index (χ3n) is 4.07. The van der Waals surface area contributed by atoms with Crippen LogP contribution in [0.3, 0.4) is 0 Å². The van der Waals surface area contributed by atoms with E-state index in [1.165, 1.54) is 13.2 Å². The van der Waals surface area contributed by atoms with E-state index in [0.29, 0.717) is 12.1 Å². The maximum absolute atomic E-state index is 13.9. The van der Waals surface area contributed by atoms with E-state index >= 15 is 0 Å². The minimum absolute atomic E-state index is 0.213. The summed E-state index contributed by atoms with van der Waals surface area (Å²) in [7, 11) is 1.46. The first-order valence-electron chi connectivity index (χ1n) is 6.98. The monoisotopic (exact) mass is 312 g/mol. The van der Waals surface area contributed by atoms with Gasteiger partial charge in [-0.15, -0.1) is 11.6 Å². The van der Waals surface area contributed by atoms with Crippen LogP contribution in [-0.4, -0.2) is 29.9 Å². The zero-order chi connectivity index (χ0) is 15.0. The quantitative estimate of drug-likeness (QED) is 0.815. The van der Waals surface area contributed by atoms with Gasteiger partial charge in [0, 0.05) is 18.7 Å². The molecule has 0 aliphatic carbocycles. The van der Waals surface area contributed by atoms with Gasteiger partial charge in [0.05, 0.1) is 36.2 Å². The van der Waals surface area contributed by atoms with Gasteiger partial charge < -0.3 is 14.0 Å². The Labute approximate surface area is 127 Å². The van der Waals surface area contributed by atoms with Crippen LogP contribution < -0.4 is 4.74 Å². The van der Waals surface area contributed by atoms with Crippen molar-refractivity contribution in [3.63, 3.8) is 0 Å². The normalized spacial score (nSPS) is 22.7. The van der Waals surface area contributed by atoms with Gasteiger partial charge in [0.2, 0.25) is 0 Å². The Morgan fingerprint density at radius 3 is 2.95 bits per heavy atom. The summed E-state index contributed by atoms with van der Waals surface area (Å²) in [6, 6.07) is 3.08. The fourth-order valence-corrected chi connectivity index (χ4v) is 3.25.